The molecule has 2 aromatic heterocycles. The molecule has 25 heavy (non-hydrogen) atoms. The molecule has 0 unspecified atom stereocenters. The third-order valence-electron chi connectivity index (χ3n) is 3.62. The molecule has 3 N–H and O–H groups in total. The number of hydrogen-bond donors (Lipinski definition) is 3. The topological polar surface area (TPSA) is 114 Å². The van der Waals surface area contributed by atoms with E-state index in [2.05, 4.69) is 30.4 Å². The first kappa shape index (κ1) is 19.1. The van der Waals surface area contributed by atoms with Crippen LogP contribution in [0.4, 0.5) is 11.8 Å². The molecule has 2 heterocycles. The van der Waals surface area contributed by atoms with Gasteiger partial charge in [0.05, 0.1) is 11.4 Å². The Balaban J connectivity index is 1.97. The van der Waals surface area contributed by atoms with Gasteiger partial charge < -0.3 is 10.6 Å². The number of anilines is 2. The fourth-order valence-electron chi connectivity index (χ4n) is 2.49. The van der Waals surface area contributed by atoms with Gasteiger partial charge in [0.2, 0.25) is 16.0 Å². The molecule has 0 aromatic carbocycles. The van der Waals surface area contributed by atoms with E-state index in [9.17, 15) is 8.42 Å². The maximum atomic E-state index is 12.5. The van der Waals surface area contributed by atoms with Crippen LogP contribution in [0.2, 0.25) is 0 Å². The minimum atomic E-state index is -3.61. The van der Waals surface area contributed by atoms with Crippen LogP contribution in [0.15, 0.2) is 11.0 Å². The Labute approximate surface area is 148 Å². The lowest BCUT2D eigenvalue weighted by atomic mass is 10.4. The minimum absolute atomic E-state index is 0.212. The highest BCUT2D eigenvalue weighted by atomic mass is 32.2. The average Bonchev–Trinajstić information content (AvgIpc) is 2.77. The lowest BCUT2D eigenvalue weighted by molar-refractivity contribution is 0.581. The molecule has 0 bridgehead atoms. The van der Waals surface area contributed by atoms with E-state index >= 15 is 0 Å². The molecular weight excluding hydrogens is 342 g/mol. The first-order valence-corrected chi connectivity index (χ1v) is 9.56. The lowest BCUT2D eigenvalue weighted by Gasteiger charge is -2.10. The summed E-state index contributed by atoms with van der Waals surface area (Å²) in [5.74, 6) is 1.20. The number of hydrogen-bond acceptors (Lipinski definition) is 7. The molecule has 0 fully saturated rings. The highest BCUT2D eigenvalue weighted by Gasteiger charge is 2.23. The van der Waals surface area contributed by atoms with E-state index < -0.39 is 10.0 Å². The quantitative estimate of drug-likeness (QED) is 0.595. The summed E-state index contributed by atoms with van der Waals surface area (Å²) in [5, 5.41) is 10.3. The highest BCUT2D eigenvalue weighted by Crippen LogP contribution is 2.18. The molecule has 0 spiro atoms. The van der Waals surface area contributed by atoms with Crippen LogP contribution >= 0.6 is 0 Å². The van der Waals surface area contributed by atoms with Gasteiger partial charge in [0.15, 0.2) is 0 Å². The zero-order valence-corrected chi connectivity index (χ0v) is 16.0. The molecule has 138 valence electrons. The van der Waals surface area contributed by atoms with E-state index in [1.165, 1.54) is 0 Å². The van der Waals surface area contributed by atoms with Crippen LogP contribution in [-0.4, -0.2) is 47.8 Å². The second-order valence-corrected chi connectivity index (χ2v) is 7.40. The van der Waals surface area contributed by atoms with Crippen LogP contribution < -0.4 is 15.4 Å². The largest absolute Gasteiger partial charge is 0.370 e. The molecule has 0 aliphatic heterocycles. The average molecular weight is 367 g/mol. The third kappa shape index (κ3) is 4.67. The van der Waals surface area contributed by atoms with Crippen molar-refractivity contribution in [3.05, 3.63) is 23.1 Å². The smallest absolute Gasteiger partial charge is 0.244 e. The van der Waals surface area contributed by atoms with Crippen molar-refractivity contribution in [1.29, 1.82) is 0 Å². The van der Waals surface area contributed by atoms with Gasteiger partial charge in [0.25, 0.3) is 0 Å². The van der Waals surface area contributed by atoms with Gasteiger partial charge in [-0.15, -0.1) is 0 Å². The summed E-state index contributed by atoms with van der Waals surface area (Å²) < 4.78 is 29.1. The number of aryl methyl sites for hydroxylation is 3. The van der Waals surface area contributed by atoms with E-state index in [0.29, 0.717) is 23.9 Å². The molecule has 2 aromatic rings. The van der Waals surface area contributed by atoms with E-state index in [4.69, 9.17) is 0 Å². The van der Waals surface area contributed by atoms with Gasteiger partial charge in [-0.3, -0.25) is 4.68 Å². The van der Waals surface area contributed by atoms with Gasteiger partial charge in [0.1, 0.15) is 10.7 Å². The van der Waals surface area contributed by atoms with E-state index in [1.807, 2.05) is 19.9 Å². The van der Waals surface area contributed by atoms with Crippen molar-refractivity contribution in [3.8, 4) is 0 Å². The van der Waals surface area contributed by atoms with Crippen molar-refractivity contribution >= 4 is 21.8 Å². The maximum absolute atomic E-state index is 12.5. The van der Waals surface area contributed by atoms with Crippen LogP contribution in [0, 0.1) is 20.8 Å². The fourth-order valence-corrected chi connectivity index (χ4v) is 3.96. The second-order valence-electron chi connectivity index (χ2n) is 5.70. The Morgan fingerprint density at radius 2 is 1.84 bits per heavy atom. The van der Waals surface area contributed by atoms with Crippen molar-refractivity contribution < 1.29 is 8.42 Å². The monoisotopic (exact) mass is 367 g/mol. The lowest BCUT2D eigenvalue weighted by Crippen LogP contribution is -2.30. The molecule has 10 heteroatoms. The summed E-state index contributed by atoms with van der Waals surface area (Å²) in [6.07, 6.45) is 0. The summed E-state index contributed by atoms with van der Waals surface area (Å²) in [7, 11) is -1.88. The van der Waals surface area contributed by atoms with Crippen molar-refractivity contribution in [2.75, 3.05) is 30.3 Å². The van der Waals surface area contributed by atoms with E-state index in [0.717, 1.165) is 18.1 Å². The first-order valence-electron chi connectivity index (χ1n) is 8.08. The molecule has 9 nitrogen and oxygen atoms in total. The molecule has 0 atom stereocenters. The number of nitrogens with zero attached hydrogens (tertiary/aromatic N) is 4. The summed E-state index contributed by atoms with van der Waals surface area (Å²) in [6.45, 7) is 8.63. The van der Waals surface area contributed by atoms with Crippen LogP contribution in [0.5, 0.6) is 0 Å². The van der Waals surface area contributed by atoms with E-state index in [1.54, 1.807) is 25.6 Å². The number of rotatable bonds is 8. The predicted octanol–water partition coefficient (Wildman–Crippen LogP) is 0.958. The van der Waals surface area contributed by atoms with Crippen molar-refractivity contribution in [2.24, 2.45) is 7.05 Å². The van der Waals surface area contributed by atoms with Crippen LogP contribution in [0.25, 0.3) is 0 Å². The summed E-state index contributed by atoms with van der Waals surface area (Å²) in [5.41, 5.74) is 1.92. The predicted molar refractivity (Wildman–Crippen MR) is 97.3 cm³/mol. The molecule has 0 saturated heterocycles. The SMILES string of the molecule is CCNc1cc(C)nc(NCCNS(=O)(=O)c2c(C)nn(C)c2C)n1. The first-order chi connectivity index (χ1) is 11.7. The van der Waals surface area contributed by atoms with Crippen molar-refractivity contribution in [3.63, 3.8) is 0 Å². The van der Waals surface area contributed by atoms with Gasteiger partial charge in [-0.25, -0.2) is 18.1 Å². The van der Waals surface area contributed by atoms with Gasteiger partial charge in [0, 0.05) is 38.4 Å². The molecule has 0 amide bonds. The minimum Gasteiger partial charge on any atom is -0.370 e. The summed E-state index contributed by atoms with van der Waals surface area (Å²) >= 11 is 0. The third-order valence-corrected chi connectivity index (χ3v) is 5.34. The van der Waals surface area contributed by atoms with Gasteiger partial charge in [-0.05, 0) is 27.7 Å². The van der Waals surface area contributed by atoms with Crippen LogP contribution in [0.1, 0.15) is 24.0 Å². The Kier molecular flexibility index (Phi) is 5.96. The standard InChI is InChI=1S/C15H25N7O2S/c1-6-16-13-9-10(2)19-15(20-13)17-7-8-18-25(23,24)14-11(3)21-22(5)12(14)4/h9,18H,6-8H2,1-5H3,(H2,16,17,19,20). The Hall–Kier alpha value is -2.20. The molecule has 0 radical (unpaired) electrons. The Bertz CT molecular complexity index is 846. The van der Waals surface area contributed by atoms with Gasteiger partial charge in [-0.1, -0.05) is 0 Å². The Morgan fingerprint density at radius 3 is 2.44 bits per heavy atom. The highest BCUT2D eigenvalue weighted by molar-refractivity contribution is 7.89. The number of sulfonamides is 1. The number of nitrogens with one attached hydrogen (secondary N) is 3. The van der Waals surface area contributed by atoms with Crippen molar-refractivity contribution in [1.82, 2.24) is 24.5 Å². The molecule has 0 aliphatic rings. The fraction of sp³-hybridized carbons (Fsp3) is 0.533. The molecule has 2 rings (SSSR count). The molecular formula is C15H25N7O2S. The Morgan fingerprint density at radius 1 is 1.12 bits per heavy atom. The zero-order chi connectivity index (χ0) is 18.6. The second kappa shape index (κ2) is 7.79. The van der Waals surface area contributed by atoms with Crippen molar-refractivity contribution in [2.45, 2.75) is 32.6 Å². The maximum Gasteiger partial charge on any atom is 0.244 e. The molecule has 0 saturated carbocycles. The zero-order valence-electron chi connectivity index (χ0n) is 15.2. The van der Waals surface area contributed by atoms with E-state index in [-0.39, 0.29) is 11.4 Å². The summed E-state index contributed by atoms with van der Waals surface area (Å²) in [4.78, 5) is 8.84. The number of aromatic nitrogens is 4. The summed E-state index contributed by atoms with van der Waals surface area (Å²) in [6, 6.07) is 1.85. The molecule has 0 aliphatic carbocycles. The van der Waals surface area contributed by atoms with Gasteiger partial charge >= 0.3 is 0 Å². The van der Waals surface area contributed by atoms with Gasteiger partial charge in [-0.2, -0.15) is 10.1 Å². The van der Waals surface area contributed by atoms with Crippen LogP contribution in [-0.2, 0) is 17.1 Å². The van der Waals surface area contributed by atoms with Crippen LogP contribution in [0.3, 0.4) is 0 Å². The normalized spacial score (nSPS) is 11.6.